The van der Waals surface area contributed by atoms with Crippen LogP contribution in [0.3, 0.4) is 0 Å². The van der Waals surface area contributed by atoms with Gasteiger partial charge in [0.2, 0.25) is 12.6 Å². The van der Waals surface area contributed by atoms with Gasteiger partial charge in [0, 0.05) is 12.6 Å². The molecule has 0 atom stereocenters. The number of ether oxygens (including phenoxy) is 3. The molecule has 0 amide bonds. The van der Waals surface area contributed by atoms with Crippen LogP contribution in [0.1, 0.15) is 15.9 Å². The van der Waals surface area contributed by atoms with Crippen LogP contribution in [0.2, 0.25) is 5.02 Å². The van der Waals surface area contributed by atoms with Crippen LogP contribution in [0.15, 0.2) is 41.2 Å². The predicted molar refractivity (Wildman–Crippen MR) is 116 cm³/mol. The molecule has 4 rings (SSSR count). The minimum Gasteiger partial charge on any atom is -0.497 e. The van der Waals surface area contributed by atoms with Crippen molar-refractivity contribution in [3.63, 3.8) is 0 Å². The number of aromatic nitrogens is 1. The van der Waals surface area contributed by atoms with E-state index in [1.165, 1.54) is 18.7 Å². The van der Waals surface area contributed by atoms with Crippen LogP contribution in [-0.2, 0) is 7.05 Å². The molecule has 31 heavy (non-hydrogen) atoms. The number of thiazole rings is 1. The van der Waals surface area contributed by atoms with E-state index in [-0.39, 0.29) is 22.6 Å². The molecule has 1 aliphatic heterocycles. The van der Waals surface area contributed by atoms with Gasteiger partial charge in [-0.1, -0.05) is 11.6 Å². The quantitative estimate of drug-likeness (QED) is 0.561. The van der Waals surface area contributed by atoms with Crippen molar-refractivity contribution in [3.8, 4) is 23.3 Å². The van der Waals surface area contributed by atoms with Gasteiger partial charge in [-0.3, -0.25) is 9.59 Å². The number of halogens is 1. The second-order valence-corrected chi connectivity index (χ2v) is 8.00. The highest BCUT2D eigenvalue weighted by atomic mass is 35.5. The van der Waals surface area contributed by atoms with E-state index in [4.69, 9.17) is 25.8 Å². The number of nitriles is 1. The van der Waals surface area contributed by atoms with Crippen LogP contribution in [-0.4, -0.2) is 24.3 Å². The third-order valence-electron chi connectivity index (χ3n) is 4.68. The first-order chi connectivity index (χ1) is 14.9. The van der Waals surface area contributed by atoms with E-state index in [9.17, 15) is 14.9 Å². The summed E-state index contributed by atoms with van der Waals surface area (Å²) in [6.45, 7) is 0.0807. The number of methoxy groups -OCH3 is 1. The molecular formula is C22H15ClN2O5S. The Balaban J connectivity index is 1.84. The lowest BCUT2D eigenvalue weighted by molar-refractivity contribution is 0.105. The van der Waals surface area contributed by atoms with Crippen LogP contribution in [0.25, 0.3) is 11.6 Å². The molecule has 0 fully saturated rings. The molecule has 1 aromatic heterocycles. The second kappa shape index (κ2) is 8.30. The summed E-state index contributed by atoms with van der Waals surface area (Å²) in [5.41, 5.74) is 0.522. The fourth-order valence-electron chi connectivity index (χ4n) is 3.09. The van der Waals surface area contributed by atoms with E-state index in [0.717, 1.165) is 11.3 Å². The molecule has 1 aliphatic rings. The Morgan fingerprint density at radius 2 is 2.03 bits per heavy atom. The summed E-state index contributed by atoms with van der Waals surface area (Å²) in [7, 11) is 3.05. The molecule has 9 heteroatoms. The predicted octanol–water partition coefficient (Wildman–Crippen LogP) is 2.22. The van der Waals surface area contributed by atoms with Crippen molar-refractivity contribution in [1.29, 1.82) is 5.26 Å². The topological polar surface area (TPSA) is 90.6 Å². The average Bonchev–Trinajstić information content (AvgIpc) is 3.35. The minimum atomic E-state index is -0.473. The molecule has 156 valence electrons. The molecule has 0 saturated carbocycles. The highest BCUT2D eigenvalue weighted by Crippen LogP contribution is 2.39. The van der Waals surface area contributed by atoms with E-state index >= 15 is 0 Å². The number of rotatable bonds is 4. The number of benzene rings is 2. The zero-order chi connectivity index (χ0) is 22.1. The molecule has 0 unspecified atom stereocenters. The maximum atomic E-state index is 12.9. The van der Waals surface area contributed by atoms with Crippen LogP contribution >= 0.6 is 22.9 Å². The van der Waals surface area contributed by atoms with Crippen molar-refractivity contribution in [2.45, 2.75) is 0 Å². The molecule has 3 aromatic rings. The summed E-state index contributed by atoms with van der Waals surface area (Å²) in [5, 5.41) is 10.0. The van der Waals surface area contributed by atoms with Crippen molar-refractivity contribution in [1.82, 2.24) is 4.57 Å². The van der Waals surface area contributed by atoms with Gasteiger partial charge in [0.05, 0.1) is 16.7 Å². The first kappa shape index (κ1) is 20.7. The van der Waals surface area contributed by atoms with Gasteiger partial charge in [0.1, 0.15) is 22.1 Å². The van der Waals surface area contributed by atoms with E-state index in [0.29, 0.717) is 37.9 Å². The van der Waals surface area contributed by atoms with Gasteiger partial charge in [-0.25, -0.2) is 0 Å². The smallest absolute Gasteiger partial charge is 0.268 e. The van der Waals surface area contributed by atoms with E-state index in [1.54, 1.807) is 42.5 Å². The van der Waals surface area contributed by atoms with Crippen LogP contribution < -0.4 is 29.0 Å². The summed E-state index contributed by atoms with van der Waals surface area (Å²) in [4.78, 5) is 25.7. The summed E-state index contributed by atoms with van der Waals surface area (Å²) in [6.07, 6.45) is 1.64. The summed E-state index contributed by atoms with van der Waals surface area (Å²) < 4.78 is 17.7. The number of hydrogen-bond acceptors (Lipinski definition) is 7. The number of carbonyl (C=O) groups excluding carboxylic acids is 1. The van der Waals surface area contributed by atoms with E-state index in [2.05, 4.69) is 0 Å². The first-order valence-electron chi connectivity index (χ1n) is 9.02. The Morgan fingerprint density at radius 3 is 2.71 bits per heavy atom. The monoisotopic (exact) mass is 454 g/mol. The third-order valence-corrected chi connectivity index (χ3v) is 6.14. The summed E-state index contributed by atoms with van der Waals surface area (Å²) >= 11 is 7.27. The Labute approximate surface area is 185 Å². The van der Waals surface area contributed by atoms with Crippen molar-refractivity contribution >= 4 is 40.4 Å². The van der Waals surface area contributed by atoms with E-state index in [1.807, 2.05) is 6.07 Å². The number of Topliss-reactive ketones (excluding diaryl/α,β-unsaturated/α-hetero) is 1. The van der Waals surface area contributed by atoms with Gasteiger partial charge in [0.15, 0.2) is 11.5 Å². The largest absolute Gasteiger partial charge is 0.497 e. The fraction of sp³-hybridized carbons (Fsp3) is 0.136. The molecule has 0 N–H and O–H groups in total. The number of hydrogen-bond donors (Lipinski definition) is 0. The van der Waals surface area contributed by atoms with Crippen LogP contribution in [0.4, 0.5) is 0 Å². The van der Waals surface area contributed by atoms with Crippen molar-refractivity contribution in [2.75, 3.05) is 13.9 Å². The lowest BCUT2D eigenvalue weighted by Gasteiger charge is -2.02. The molecular weight excluding hydrogens is 440 g/mol. The van der Waals surface area contributed by atoms with Gasteiger partial charge >= 0.3 is 0 Å². The Hall–Kier alpha value is -3.54. The lowest BCUT2D eigenvalue weighted by atomic mass is 10.1. The second-order valence-electron chi connectivity index (χ2n) is 6.56. The number of nitrogens with zero attached hydrogens (tertiary/aromatic N) is 2. The first-order valence-corrected chi connectivity index (χ1v) is 10.2. The highest BCUT2D eigenvalue weighted by Gasteiger charge is 2.19. The molecule has 0 radical (unpaired) electrons. The normalized spacial score (nSPS) is 13.7. The Bertz CT molecular complexity index is 1410. The average molecular weight is 455 g/mol. The molecule has 0 saturated heterocycles. The Kier molecular flexibility index (Phi) is 5.55. The molecule has 0 spiro atoms. The highest BCUT2D eigenvalue weighted by molar-refractivity contribution is 7.07. The SMILES string of the molecule is COc1ccc(C(=O)C(C#N)=c2sc(=Cc3cc(Cl)c4c(c3)OCO4)c(=O)n2C)cc1. The van der Waals surface area contributed by atoms with Crippen molar-refractivity contribution in [2.24, 2.45) is 7.05 Å². The summed E-state index contributed by atoms with van der Waals surface area (Å²) in [5.74, 6) is 1.08. The standard InChI is InChI=1S/C22H15ClN2O5S/c1-25-21(27)18(9-12-7-16(23)20-17(8-12)29-11-30-20)31-22(25)15(10-24)19(26)13-3-5-14(28-2)6-4-13/h3-9H,11H2,1-2H3. The van der Waals surface area contributed by atoms with Crippen LogP contribution in [0.5, 0.6) is 17.2 Å². The molecule has 2 heterocycles. The zero-order valence-corrected chi connectivity index (χ0v) is 18.0. The van der Waals surface area contributed by atoms with Crippen LogP contribution in [0, 0.1) is 11.3 Å². The molecule has 7 nitrogen and oxygen atoms in total. The van der Waals surface area contributed by atoms with Crippen molar-refractivity contribution < 1.29 is 19.0 Å². The van der Waals surface area contributed by atoms with Gasteiger partial charge in [0.25, 0.3) is 5.56 Å². The number of ketones is 1. The van der Waals surface area contributed by atoms with Gasteiger partial charge in [-0.2, -0.15) is 5.26 Å². The molecule has 2 aromatic carbocycles. The van der Waals surface area contributed by atoms with Gasteiger partial charge < -0.3 is 18.8 Å². The fourth-order valence-corrected chi connectivity index (χ4v) is 4.45. The maximum Gasteiger partial charge on any atom is 0.268 e. The molecule has 0 bridgehead atoms. The molecule has 0 aliphatic carbocycles. The number of carbonyl (C=O) groups is 1. The van der Waals surface area contributed by atoms with E-state index < -0.39 is 5.78 Å². The number of fused-ring (bicyclic) bond motifs is 1. The van der Waals surface area contributed by atoms with Crippen molar-refractivity contribution in [3.05, 3.63) is 72.1 Å². The van der Waals surface area contributed by atoms with Gasteiger partial charge in [-0.05, 0) is 48.0 Å². The Morgan fingerprint density at radius 1 is 1.29 bits per heavy atom. The minimum absolute atomic E-state index is 0.0807. The summed E-state index contributed by atoms with van der Waals surface area (Å²) in [6, 6.07) is 11.7. The zero-order valence-electron chi connectivity index (χ0n) is 16.5. The van der Waals surface area contributed by atoms with Gasteiger partial charge in [-0.15, -0.1) is 11.3 Å². The lowest BCUT2D eigenvalue weighted by Crippen LogP contribution is -2.30. The maximum absolute atomic E-state index is 12.9. The third kappa shape index (κ3) is 3.81.